The van der Waals surface area contributed by atoms with E-state index in [9.17, 15) is 20.2 Å². The van der Waals surface area contributed by atoms with E-state index >= 15 is 0 Å². The average molecular weight is 581 g/mol. The second-order valence-electron chi connectivity index (χ2n) is 7.34. The fraction of sp³-hybridized carbons (Fsp3) is 0.120. The molecule has 0 aliphatic rings. The molecule has 1 N–H and O–H groups in total. The molecule has 3 rings (SSSR count). The van der Waals surface area contributed by atoms with Crippen molar-refractivity contribution in [3.8, 4) is 17.6 Å². The molecule has 3 aromatic carbocycles. The quantitative estimate of drug-likeness (QED) is 0.120. The molecule has 0 atom stereocenters. The molecular formula is C25H17Cl4N3O5. The molecule has 0 spiro atoms. The third-order valence-electron chi connectivity index (χ3n) is 4.80. The molecule has 0 aliphatic heterocycles. The van der Waals surface area contributed by atoms with Gasteiger partial charge in [0.25, 0.3) is 11.6 Å². The van der Waals surface area contributed by atoms with E-state index in [1.54, 1.807) is 43.3 Å². The number of nitrogens with zero attached hydrogens (tertiary/aromatic N) is 2. The predicted octanol–water partition coefficient (Wildman–Crippen LogP) is 7.73. The monoisotopic (exact) mass is 579 g/mol. The summed E-state index contributed by atoms with van der Waals surface area (Å²) < 4.78 is 11.5. The van der Waals surface area contributed by atoms with Crippen LogP contribution in [0.25, 0.3) is 6.08 Å². The summed E-state index contributed by atoms with van der Waals surface area (Å²) in [5.74, 6) is 0.0333. The number of hydrogen-bond acceptors (Lipinski definition) is 6. The molecule has 0 radical (unpaired) electrons. The maximum absolute atomic E-state index is 12.7. The van der Waals surface area contributed by atoms with Gasteiger partial charge in [-0.3, -0.25) is 14.9 Å². The van der Waals surface area contributed by atoms with Crippen molar-refractivity contribution in [1.29, 1.82) is 5.26 Å². The van der Waals surface area contributed by atoms with Crippen LogP contribution in [-0.4, -0.2) is 17.4 Å². The summed E-state index contributed by atoms with van der Waals surface area (Å²) in [4.78, 5) is 23.0. The van der Waals surface area contributed by atoms with Gasteiger partial charge in [0.05, 0.1) is 37.3 Å². The van der Waals surface area contributed by atoms with E-state index in [-0.39, 0.29) is 33.6 Å². The average Bonchev–Trinajstić information content (AvgIpc) is 2.86. The van der Waals surface area contributed by atoms with Gasteiger partial charge >= 0.3 is 0 Å². The van der Waals surface area contributed by atoms with Crippen molar-refractivity contribution in [2.24, 2.45) is 0 Å². The molecule has 0 unspecified atom stereocenters. The number of carbonyl (C=O) groups is 1. The van der Waals surface area contributed by atoms with Crippen molar-refractivity contribution < 1.29 is 19.2 Å². The highest BCUT2D eigenvalue weighted by Crippen LogP contribution is 2.35. The van der Waals surface area contributed by atoms with Crippen molar-refractivity contribution in [2.75, 3.05) is 11.9 Å². The van der Waals surface area contributed by atoms with Crippen molar-refractivity contribution in [1.82, 2.24) is 0 Å². The van der Waals surface area contributed by atoms with Gasteiger partial charge in [-0.25, -0.2) is 0 Å². The minimum Gasteiger partial charge on any atom is -0.490 e. The SMILES string of the molecule is CCOc1cc(/C=C(\C#N)C(=O)Nc2c(Cl)cc([N+](=O)[O-])cc2Cl)ccc1OCc1ccc(Cl)c(Cl)c1. The summed E-state index contributed by atoms with van der Waals surface area (Å²) in [7, 11) is 0. The number of amides is 1. The lowest BCUT2D eigenvalue weighted by atomic mass is 10.1. The molecule has 1 amide bonds. The van der Waals surface area contributed by atoms with Crippen LogP contribution in [0.1, 0.15) is 18.1 Å². The van der Waals surface area contributed by atoms with Crippen molar-refractivity contribution in [2.45, 2.75) is 13.5 Å². The Morgan fingerprint density at radius 1 is 1.00 bits per heavy atom. The third-order valence-corrected chi connectivity index (χ3v) is 6.13. The molecule has 0 bridgehead atoms. The Bertz CT molecular complexity index is 1410. The van der Waals surface area contributed by atoms with Crippen molar-refractivity contribution in [3.63, 3.8) is 0 Å². The lowest BCUT2D eigenvalue weighted by molar-refractivity contribution is -0.384. The van der Waals surface area contributed by atoms with Crippen LogP contribution in [0.2, 0.25) is 20.1 Å². The largest absolute Gasteiger partial charge is 0.490 e. The molecular weight excluding hydrogens is 564 g/mol. The summed E-state index contributed by atoms with van der Waals surface area (Å²) in [6.45, 7) is 2.35. The Labute approximate surface area is 232 Å². The number of nitro groups is 1. The Morgan fingerprint density at radius 2 is 1.70 bits per heavy atom. The van der Waals surface area contributed by atoms with Crippen LogP contribution in [-0.2, 0) is 11.4 Å². The molecule has 8 nitrogen and oxygen atoms in total. The van der Waals surface area contributed by atoms with E-state index in [2.05, 4.69) is 5.32 Å². The summed E-state index contributed by atoms with van der Waals surface area (Å²) in [5, 5.41) is 23.5. The summed E-state index contributed by atoms with van der Waals surface area (Å²) >= 11 is 24.1. The van der Waals surface area contributed by atoms with Gasteiger partial charge in [-0.15, -0.1) is 0 Å². The summed E-state index contributed by atoms with van der Waals surface area (Å²) in [6.07, 6.45) is 1.34. The molecule has 0 saturated heterocycles. The Balaban J connectivity index is 1.82. The zero-order valence-corrected chi connectivity index (χ0v) is 22.1. The number of nitriles is 1. The second kappa shape index (κ2) is 12.7. The van der Waals surface area contributed by atoms with Crippen LogP contribution >= 0.6 is 46.4 Å². The first-order chi connectivity index (χ1) is 17.6. The zero-order chi connectivity index (χ0) is 27.1. The number of nitro benzene ring substituents is 1. The van der Waals surface area contributed by atoms with Crippen LogP contribution in [0.15, 0.2) is 54.1 Å². The van der Waals surface area contributed by atoms with E-state index in [0.29, 0.717) is 33.7 Å². The maximum atomic E-state index is 12.7. The minimum atomic E-state index is -0.807. The molecule has 0 saturated carbocycles. The van der Waals surface area contributed by atoms with E-state index < -0.39 is 10.8 Å². The highest BCUT2D eigenvalue weighted by molar-refractivity contribution is 6.42. The first-order valence-electron chi connectivity index (χ1n) is 10.5. The van der Waals surface area contributed by atoms with Crippen LogP contribution in [0.3, 0.4) is 0 Å². The molecule has 0 aliphatic carbocycles. The van der Waals surface area contributed by atoms with Gasteiger partial charge in [0.1, 0.15) is 18.2 Å². The van der Waals surface area contributed by atoms with E-state index in [1.165, 1.54) is 6.08 Å². The van der Waals surface area contributed by atoms with Crippen LogP contribution in [0.4, 0.5) is 11.4 Å². The van der Waals surface area contributed by atoms with Crippen LogP contribution < -0.4 is 14.8 Å². The van der Waals surface area contributed by atoms with Crippen molar-refractivity contribution in [3.05, 3.63) is 95.4 Å². The number of halogens is 4. The molecule has 0 aromatic heterocycles. The molecule has 0 fully saturated rings. The molecule has 190 valence electrons. The van der Waals surface area contributed by atoms with Gasteiger partial charge in [-0.05, 0) is 48.4 Å². The number of hydrogen-bond donors (Lipinski definition) is 1. The number of anilines is 1. The second-order valence-corrected chi connectivity index (χ2v) is 8.97. The molecule has 12 heteroatoms. The fourth-order valence-electron chi connectivity index (χ4n) is 3.07. The number of nitrogens with one attached hydrogen (secondary N) is 1. The van der Waals surface area contributed by atoms with Crippen LogP contribution in [0, 0.1) is 21.4 Å². The van der Waals surface area contributed by atoms with Gasteiger partial charge < -0.3 is 14.8 Å². The Kier molecular flexibility index (Phi) is 9.61. The number of rotatable bonds is 9. The standard InChI is InChI=1S/C25H17Cl4N3O5/c1-2-36-23-9-14(4-6-22(23)37-13-15-3-5-18(26)19(27)8-15)7-16(12-30)25(33)31-24-20(28)10-17(32(34)35)11-21(24)29/h3-11H,2,13H2,1H3,(H,31,33)/b16-7+. The van der Waals surface area contributed by atoms with Gasteiger partial charge in [0, 0.05) is 12.1 Å². The normalized spacial score (nSPS) is 11.0. The van der Waals surface area contributed by atoms with Crippen molar-refractivity contribution >= 4 is 69.8 Å². The lowest BCUT2D eigenvalue weighted by Gasteiger charge is -2.13. The highest BCUT2D eigenvalue weighted by atomic mass is 35.5. The zero-order valence-electron chi connectivity index (χ0n) is 19.1. The summed E-state index contributed by atoms with van der Waals surface area (Å²) in [6, 6.07) is 14.0. The topological polar surface area (TPSA) is 114 Å². The van der Waals surface area contributed by atoms with Gasteiger partial charge in [0.2, 0.25) is 0 Å². The Hall–Kier alpha value is -3.48. The molecule has 0 heterocycles. The van der Waals surface area contributed by atoms with Gasteiger partial charge in [-0.2, -0.15) is 5.26 Å². The van der Waals surface area contributed by atoms with Crippen LogP contribution in [0.5, 0.6) is 11.5 Å². The summed E-state index contributed by atoms with van der Waals surface area (Å²) in [5.41, 5.74) is 0.623. The lowest BCUT2D eigenvalue weighted by Crippen LogP contribution is -2.14. The van der Waals surface area contributed by atoms with Gasteiger partial charge in [-0.1, -0.05) is 58.5 Å². The molecule has 3 aromatic rings. The number of benzene rings is 3. The number of non-ortho nitro benzene ring substituents is 1. The van der Waals surface area contributed by atoms with E-state index in [4.69, 9.17) is 55.9 Å². The Morgan fingerprint density at radius 3 is 2.30 bits per heavy atom. The molecule has 37 heavy (non-hydrogen) atoms. The predicted molar refractivity (Wildman–Crippen MR) is 144 cm³/mol. The first kappa shape index (κ1) is 28.1. The smallest absolute Gasteiger partial charge is 0.272 e. The number of ether oxygens (including phenoxy) is 2. The highest BCUT2D eigenvalue weighted by Gasteiger charge is 2.19. The number of carbonyl (C=O) groups excluding carboxylic acids is 1. The van der Waals surface area contributed by atoms with E-state index in [1.807, 2.05) is 6.07 Å². The minimum absolute atomic E-state index is 0.0545. The first-order valence-corrected chi connectivity index (χ1v) is 12.0. The third kappa shape index (κ3) is 7.28. The fourth-order valence-corrected chi connectivity index (χ4v) is 3.96. The maximum Gasteiger partial charge on any atom is 0.272 e. The van der Waals surface area contributed by atoms with E-state index in [0.717, 1.165) is 17.7 Å². The van der Waals surface area contributed by atoms with Gasteiger partial charge in [0.15, 0.2) is 11.5 Å².